The molecule has 1 aromatic carbocycles. The first-order valence-corrected chi connectivity index (χ1v) is 10.2. The van der Waals surface area contributed by atoms with E-state index in [0.717, 1.165) is 18.4 Å². The second-order valence-electron chi connectivity index (χ2n) is 7.88. The van der Waals surface area contributed by atoms with Crippen molar-refractivity contribution in [1.29, 1.82) is 0 Å². The molecule has 2 amide bonds. The van der Waals surface area contributed by atoms with Crippen LogP contribution in [0.15, 0.2) is 35.5 Å². The Hall–Kier alpha value is -2.50. The molecule has 152 valence electrons. The minimum absolute atomic E-state index is 0.0228. The third kappa shape index (κ3) is 4.86. The predicted molar refractivity (Wildman–Crippen MR) is 107 cm³/mol. The first kappa shape index (κ1) is 20.2. The maximum absolute atomic E-state index is 13.0. The largest absolute Gasteiger partial charge is 0.491 e. The fraction of sp³-hybridized carbons (Fsp3) is 0.545. The fourth-order valence-corrected chi connectivity index (χ4v) is 3.90. The molecule has 0 saturated heterocycles. The first-order valence-electron chi connectivity index (χ1n) is 10.2. The number of esters is 1. The van der Waals surface area contributed by atoms with Crippen LogP contribution in [-0.2, 0) is 9.53 Å². The number of hydrogen-bond acceptors (Lipinski definition) is 4. The van der Waals surface area contributed by atoms with E-state index < -0.39 is 6.04 Å². The van der Waals surface area contributed by atoms with E-state index in [1.807, 2.05) is 38.1 Å². The van der Waals surface area contributed by atoms with Gasteiger partial charge in [-0.1, -0.05) is 37.5 Å². The van der Waals surface area contributed by atoms with Crippen molar-refractivity contribution >= 4 is 12.0 Å². The summed E-state index contributed by atoms with van der Waals surface area (Å²) in [6.07, 6.45) is 5.85. The molecular formula is C22H30N2O4. The zero-order chi connectivity index (χ0) is 20.1. The number of carbonyl (C=O) groups is 2. The van der Waals surface area contributed by atoms with Crippen LogP contribution in [0.1, 0.15) is 64.5 Å². The summed E-state index contributed by atoms with van der Waals surface area (Å²) in [5, 5.41) is 5.55. The van der Waals surface area contributed by atoms with Crippen LogP contribution in [0.4, 0.5) is 4.79 Å². The van der Waals surface area contributed by atoms with Gasteiger partial charge in [-0.15, -0.1) is 0 Å². The Kier molecular flexibility index (Phi) is 6.60. The number of allylic oxidation sites excluding steroid dienone is 1. The summed E-state index contributed by atoms with van der Waals surface area (Å²) in [5.74, 6) is 0.690. The monoisotopic (exact) mass is 386 g/mol. The van der Waals surface area contributed by atoms with Crippen LogP contribution in [-0.4, -0.2) is 24.7 Å². The molecule has 3 rings (SSSR count). The maximum Gasteiger partial charge on any atom is 0.338 e. The van der Waals surface area contributed by atoms with Gasteiger partial charge in [0.15, 0.2) is 0 Å². The number of amides is 2. The van der Waals surface area contributed by atoms with E-state index in [0.29, 0.717) is 29.5 Å². The Balaban J connectivity index is 1.83. The summed E-state index contributed by atoms with van der Waals surface area (Å²) >= 11 is 0. The van der Waals surface area contributed by atoms with Crippen LogP contribution >= 0.6 is 0 Å². The van der Waals surface area contributed by atoms with Gasteiger partial charge in [0.05, 0.1) is 24.3 Å². The van der Waals surface area contributed by atoms with E-state index in [4.69, 9.17) is 9.47 Å². The van der Waals surface area contributed by atoms with Gasteiger partial charge in [-0.3, -0.25) is 0 Å². The van der Waals surface area contributed by atoms with Crippen LogP contribution in [0.25, 0.3) is 0 Å². The molecule has 2 aliphatic rings. The second kappa shape index (κ2) is 9.13. The van der Waals surface area contributed by atoms with Crippen LogP contribution in [0.5, 0.6) is 5.75 Å². The summed E-state index contributed by atoms with van der Waals surface area (Å²) in [6.45, 7) is 6.05. The lowest BCUT2D eigenvalue weighted by Crippen LogP contribution is -2.45. The maximum atomic E-state index is 13.0. The average Bonchev–Trinajstić information content (AvgIpc) is 2.66. The van der Waals surface area contributed by atoms with Crippen molar-refractivity contribution in [3.05, 3.63) is 41.1 Å². The number of para-hydroxylation sites is 1. The molecule has 1 unspecified atom stereocenters. The molecule has 1 aliphatic carbocycles. The molecule has 1 aromatic rings. The van der Waals surface area contributed by atoms with Crippen molar-refractivity contribution in [1.82, 2.24) is 10.6 Å². The third-order valence-electron chi connectivity index (χ3n) is 5.26. The van der Waals surface area contributed by atoms with Crippen molar-refractivity contribution < 1.29 is 19.1 Å². The fourth-order valence-electron chi connectivity index (χ4n) is 3.90. The lowest BCUT2D eigenvalue weighted by atomic mass is 9.90. The number of carbonyl (C=O) groups excluding carboxylic acids is 2. The van der Waals surface area contributed by atoms with Gasteiger partial charge in [-0.25, -0.2) is 9.59 Å². The summed E-state index contributed by atoms with van der Waals surface area (Å²) in [5.41, 5.74) is 1.69. The van der Waals surface area contributed by atoms with Gasteiger partial charge in [0.2, 0.25) is 0 Å². The molecule has 1 aliphatic heterocycles. The van der Waals surface area contributed by atoms with Gasteiger partial charge in [0, 0.05) is 11.3 Å². The average molecular weight is 386 g/mol. The van der Waals surface area contributed by atoms with Crippen molar-refractivity contribution in [2.75, 3.05) is 6.61 Å². The quantitative estimate of drug-likeness (QED) is 0.718. The summed E-state index contributed by atoms with van der Waals surface area (Å²) in [4.78, 5) is 25.1. The Morgan fingerprint density at radius 2 is 1.89 bits per heavy atom. The van der Waals surface area contributed by atoms with E-state index in [9.17, 15) is 9.59 Å². The Bertz CT molecular complexity index is 751. The summed E-state index contributed by atoms with van der Waals surface area (Å²) in [6, 6.07) is 6.52. The molecule has 0 spiro atoms. The topological polar surface area (TPSA) is 76.7 Å². The number of ether oxygens (including phenoxy) is 2. The smallest absolute Gasteiger partial charge is 0.338 e. The zero-order valence-electron chi connectivity index (χ0n) is 16.9. The minimum atomic E-state index is -0.609. The van der Waals surface area contributed by atoms with E-state index in [1.165, 1.54) is 19.3 Å². The van der Waals surface area contributed by atoms with Gasteiger partial charge < -0.3 is 20.1 Å². The number of benzene rings is 1. The van der Waals surface area contributed by atoms with Crippen molar-refractivity contribution in [2.45, 2.75) is 65.0 Å². The normalized spacial score (nSPS) is 20.6. The molecule has 1 fully saturated rings. The van der Waals surface area contributed by atoms with E-state index in [1.54, 1.807) is 6.92 Å². The molecule has 0 radical (unpaired) electrons. The number of urea groups is 1. The Morgan fingerprint density at radius 1 is 1.18 bits per heavy atom. The van der Waals surface area contributed by atoms with Crippen molar-refractivity contribution in [3.8, 4) is 5.75 Å². The van der Waals surface area contributed by atoms with Gasteiger partial charge in [-0.05, 0) is 45.6 Å². The minimum Gasteiger partial charge on any atom is -0.491 e. The summed E-state index contributed by atoms with van der Waals surface area (Å²) < 4.78 is 11.6. The van der Waals surface area contributed by atoms with Crippen LogP contribution in [0.2, 0.25) is 0 Å². The lowest BCUT2D eigenvalue weighted by Gasteiger charge is -2.30. The number of hydrogen-bond donors (Lipinski definition) is 2. The summed E-state index contributed by atoms with van der Waals surface area (Å²) in [7, 11) is 0. The molecule has 6 nitrogen and oxygen atoms in total. The highest BCUT2D eigenvalue weighted by atomic mass is 16.5. The van der Waals surface area contributed by atoms with E-state index in [-0.39, 0.29) is 18.1 Å². The predicted octanol–water partition coefficient (Wildman–Crippen LogP) is 4.23. The first-order chi connectivity index (χ1) is 13.5. The molecule has 1 atom stereocenters. The molecule has 0 bridgehead atoms. The second-order valence-corrected chi connectivity index (χ2v) is 7.88. The Morgan fingerprint density at radius 3 is 2.61 bits per heavy atom. The molecule has 6 heteroatoms. The Labute approximate surface area is 166 Å². The zero-order valence-corrected chi connectivity index (χ0v) is 16.9. The van der Waals surface area contributed by atoms with Crippen LogP contribution < -0.4 is 15.4 Å². The van der Waals surface area contributed by atoms with Crippen LogP contribution in [0.3, 0.4) is 0 Å². The van der Waals surface area contributed by atoms with Crippen LogP contribution in [0, 0.1) is 5.92 Å². The van der Waals surface area contributed by atoms with Gasteiger partial charge in [-0.2, -0.15) is 0 Å². The molecule has 2 N–H and O–H groups in total. The molecule has 1 saturated carbocycles. The standard InChI is InChI=1S/C22H30N2O4/c1-14(2)28-18-12-8-7-11-17(18)20-19(15(3)23-22(26)24-20)21(25)27-13-16-9-5-4-6-10-16/h7-8,11-12,14,16,20H,4-6,9-10,13H2,1-3H3,(H2,23,24,26). The highest BCUT2D eigenvalue weighted by Crippen LogP contribution is 2.34. The van der Waals surface area contributed by atoms with Gasteiger partial charge in [0.25, 0.3) is 0 Å². The van der Waals surface area contributed by atoms with Gasteiger partial charge >= 0.3 is 12.0 Å². The van der Waals surface area contributed by atoms with E-state index >= 15 is 0 Å². The van der Waals surface area contributed by atoms with E-state index in [2.05, 4.69) is 10.6 Å². The molecule has 1 heterocycles. The molecule has 0 aromatic heterocycles. The molecule has 28 heavy (non-hydrogen) atoms. The SMILES string of the molecule is CC1=C(C(=O)OCC2CCCCC2)C(c2ccccc2OC(C)C)NC(=O)N1. The number of nitrogens with one attached hydrogen (secondary N) is 2. The number of rotatable bonds is 6. The highest BCUT2D eigenvalue weighted by Gasteiger charge is 2.34. The lowest BCUT2D eigenvalue weighted by molar-refractivity contribution is -0.141. The van der Waals surface area contributed by atoms with Gasteiger partial charge in [0.1, 0.15) is 5.75 Å². The van der Waals surface area contributed by atoms with Crippen molar-refractivity contribution in [2.24, 2.45) is 5.92 Å². The third-order valence-corrected chi connectivity index (χ3v) is 5.26. The molecular weight excluding hydrogens is 356 g/mol. The highest BCUT2D eigenvalue weighted by molar-refractivity contribution is 5.95. The van der Waals surface area contributed by atoms with Crippen molar-refractivity contribution in [3.63, 3.8) is 0 Å².